The lowest BCUT2D eigenvalue weighted by Crippen LogP contribution is -2.57. The van der Waals surface area contributed by atoms with Crippen LogP contribution in [0.5, 0.6) is 0 Å². The van der Waals surface area contributed by atoms with E-state index in [0.717, 1.165) is 10.4 Å². The molecule has 1 fully saturated rings. The molecule has 216 valence electrons. The maximum absolute atomic E-state index is 13.4. The van der Waals surface area contributed by atoms with Gasteiger partial charge in [0.05, 0.1) is 6.04 Å². The SMILES string of the molecule is NC(=O)[C@H](Cc1cccs1)NC(=O)[C@@H](CCCN=C(N)N)NC(=O)[C@@H]1CCCN1C(=O)[C@H](N)Cc1ccccc1. The molecule has 1 aliphatic heterocycles. The van der Waals surface area contributed by atoms with E-state index in [9.17, 15) is 19.2 Å². The summed E-state index contributed by atoms with van der Waals surface area (Å²) in [7, 11) is 0. The number of primary amides is 1. The van der Waals surface area contributed by atoms with Crippen molar-refractivity contribution in [3.05, 3.63) is 58.3 Å². The van der Waals surface area contributed by atoms with Crippen LogP contribution in [0.1, 0.15) is 36.1 Å². The second-order valence-electron chi connectivity index (χ2n) is 9.74. The molecular formula is C27H38N8O4S. The minimum Gasteiger partial charge on any atom is -0.370 e. The van der Waals surface area contributed by atoms with Gasteiger partial charge in [-0.05, 0) is 49.1 Å². The third-order valence-electron chi connectivity index (χ3n) is 6.68. The Labute approximate surface area is 237 Å². The van der Waals surface area contributed by atoms with Crippen LogP contribution in [0.3, 0.4) is 0 Å². The standard InChI is InChI=1S/C27H38N8O4S/c28-19(15-17-7-2-1-3-8-17)26(39)35-13-5-11-22(35)25(38)33-20(10-4-12-32-27(30)31)24(37)34-21(23(29)36)16-18-9-6-14-40-18/h1-3,6-9,14,19-22H,4-5,10-13,15-16,28H2,(H2,29,36)(H,33,38)(H,34,37)(H4,30,31,32)/t19-,20-,21+,22+/m1/s1. The molecule has 0 aliphatic carbocycles. The van der Waals surface area contributed by atoms with Crippen molar-refractivity contribution < 1.29 is 19.2 Å². The van der Waals surface area contributed by atoms with E-state index in [0.29, 0.717) is 32.2 Å². The third kappa shape index (κ3) is 9.06. The molecule has 12 nitrogen and oxygen atoms in total. The van der Waals surface area contributed by atoms with Crippen LogP contribution < -0.4 is 33.6 Å². The Morgan fingerprint density at radius 2 is 1.75 bits per heavy atom. The fraction of sp³-hybridized carbons (Fsp3) is 0.444. The van der Waals surface area contributed by atoms with Crippen molar-refractivity contribution in [3.63, 3.8) is 0 Å². The van der Waals surface area contributed by atoms with Crippen molar-refractivity contribution in [2.75, 3.05) is 13.1 Å². The lowest BCUT2D eigenvalue weighted by Gasteiger charge is -2.29. The summed E-state index contributed by atoms with van der Waals surface area (Å²) in [5, 5.41) is 7.31. The van der Waals surface area contributed by atoms with Crippen molar-refractivity contribution in [3.8, 4) is 0 Å². The zero-order valence-electron chi connectivity index (χ0n) is 22.3. The molecule has 2 heterocycles. The molecule has 1 aliphatic rings. The maximum Gasteiger partial charge on any atom is 0.243 e. The molecule has 3 rings (SSSR count). The zero-order chi connectivity index (χ0) is 29.1. The van der Waals surface area contributed by atoms with Gasteiger partial charge < -0.3 is 38.5 Å². The number of nitrogens with two attached hydrogens (primary N) is 4. The molecule has 4 amide bonds. The normalized spacial score (nSPS) is 16.9. The van der Waals surface area contributed by atoms with Gasteiger partial charge >= 0.3 is 0 Å². The van der Waals surface area contributed by atoms with Crippen molar-refractivity contribution in [2.45, 2.75) is 62.7 Å². The number of rotatable bonds is 14. The van der Waals surface area contributed by atoms with Gasteiger partial charge in [-0.25, -0.2) is 0 Å². The summed E-state index contributed by atoms with van der Waals surface area (Å²) in [5.41, 5.74) is 23.5. The highest BCUT2D eigenvalue weighted by molar-refractivity contribution is 7.09. The second-order valence-corrected chi connectivity index (χ2v) is 10.8. The number of hydrogen-bond acceptors (Lipinski definition) is 7. The number of benzene rings is 1. The highest BCUT2D eigenvalue weighted by Crippen LogP contribution is 2.20. The number of guanidine groups is 1. The average Bonchev–Trinajstić information content (AvgIpc) is 3.62. The third-order valence-corrected chi connectivity index (χ3v) is 7.58. The fourth-order valence-electron chi connectivity index (χ4n) is 4.64. The number of nitrogens with one attached hydrogen (secondary N) is 2. The summed E-state index contributed by atoms with van der Waals surface area (Å²) in [5.74, 6) is -2.11. The van der Waals surface area contributed by atoms with E-state index >= 15 is 0 Å². The zero-order valence-corrected chi connectivity index (χ0v) is 23.1. The van der Waals surface area contributed by atoms with Crippen LogP contribution in [0, 0.1) is 0 Å². The quantitative estimate of drug-likeness (QED) is 0.0981. The van der Waals surface area contributed by atoms with Gasteiger partial charge in [0.2, 0.25) is 23.6 Å². The number of thiophene rings is 1. The Bertz CT molecular complexity index is 1170. The van der Waals surface area contributed by atoms with Crippen LogP contribution in [0.15, 0.2) is 52.8 Å². The van der Waals surface area contributed by atoms with E-state index in [1.807, 2.05) is 47.8 Å². The summed E-state index contributed by atoms with van der Waals surface area (Å²) < 4.78 is 0. The molecule has 13 heteroatoms. The first kappa shape index (κ1) is 30.6. The topological polar surface area (TPSA) is 212 Å². The summed E-state index contributed by atoms with van der Waals surface area (Å²) in [6.45, 7) is 0.643. The number of aliphatic imine (C=N–C) groups is 1. The van der Waals surface area contributed by atoms with Gasteiger partial charge in [0, 0.05) is 24.4 Å². The molecule has 2 aromatic rings. The predicted molar refractivity (Wildman–Crippen MR) is 154 cm³/mol. The van der Waals surface area contributed by atoms with E-state index in [4.69, 9.17) is 22.9 Å². The van der Waals surface area contributed by atoms with Crippen molar-refractivity contribution in [1.29, 1.82) is 0 Å². The van der Waals surface area contributed by atoms with Gasteiger partial charge in [-0.3, -0.25) is 24.2 Å². The maximum atomic E-state index is 13.4. The number of nitrogens with zero attached hydrogens (tertiary/aromatic N) is 2. The Morgan fingerprint density at radius 1 is 1.00 bits per heavy atom. The molecular weight excluding hydrogens is 532 g/mol. The molecule has 0 saturated carbocycles. The largest absolute Gasteiger partial charge is 0.370 e. The first-order valence-corrected chi connectivity index (χ1v) is 14.1. The van der Waals surface area contributed by atoms with Gasteiger partial charge in [0.1, 0.15) is 18.1 Å². The highest BCUT2D eigenvalue weighted by atomic mass is 32.1. The number of hydrogen-bond donors (Lipinski definition) is 6. The van der Waals surface area contributed by atoms with Crippen LogP contribution in [0.4, 0.5) is 0 Å². The van der Waals surface area contributed by atoms with Crippen molar-refractivity contribution in [2.24, 2.45) is 27.9 Å². The molecule has 40 heavy (non-hydrogen) atoms. The van der Waals surface area contributed by atoms with Gasteiger partial charge in [0.15, 0.2) is 5.96 Å². The van der Waals surface area contributed by atoms with Crippen LogP contribution >= 0.6 is 11.3 Å². The summed E-state index contributed by atoms with van der Waals surface area (Å²) in [6, 6.07) is 9.59. The summed E-state index contributed by atoms with van der Waals surface area (Å²) >= 11 is 1.44. The lowest BCUT2D eigenvalue weighted by atomic mass is 10.0. The minimum atomic E-state index is -0.998. The molecule has 0 unspecified atom stereocenters. The Hall–Kier alpha value is -3.97. The van der Waals surface area contributed by atoms with E-state index < -0.39 is 41.9 Å². The van der Waals surface area contributed by atoms with Crippen molar-refractivity contribution in [1.82, 2.24) is 15.5 Å². The van der Waals surface area contributed by atoms with Crippen LogP contribution in [-0.2, 0) is 32.0 Å². The first-order valence-electron chi connectivity index (χ1n) is 13.2. The van der Waals surface area contributed by atoms with Gasteiger partial charge in [-0.15, -0.1) is 11.3 Å². The van der Waals surface area contributed by atoms with Gasteiger partial charge in [-0.2, -0.15) is 0 Å². The summed E-state index contributed by atoms with van der Waals surface area (Å²) in [4.78, 5) is 58.2. The molecule has 1 aromatic heterocycles. The number of carbonyl (C=O) groups is 4. The Morgan fingerprint density at radius 3 is 2.40 bits per heavy atom. The van der Waals surface area contributed by atoms with Crippen LogP contribution in [-0.4, -0.2) is 71.7 Å². The monoisotopic (exact) mass is 570 g/mol. The first-order chi connectivity index (χ1) is 19.2. The molecule has 0 bridgehead atoms. The molecule has 0 radical (unpaired) electrons. The van der Waals surface area contributed by atoms with Crippen LogP contribution in [0.25, 0.3) is 0 Å². The van der Waals surface area contributed by atoms with E-state index in [2.05, 4.69) is 15.6 Å². The lowest BCUT2D eigenvalue weighted by molar-refractivity contribution is -0.140. The minimum absolute atomic E-state index is 0.0817. The second kappa shape index (κ2) is 15.0. The number of carbonyl (C=O) groups excluding carboxylic acids is 4. The highest BCUT2D eigenvalue weighted by Gasteiger charge is 2.37. The van der Waals surface area contributed by atoms with E-state index in [1.54, 1.807) is 0 Å². The molecule has 1 saturated heterocycles. The van der Waals surface area contributed by atoms with E-state index in [1.165, 1.54) is 16.2 Å². The molecule has 10 N–H and O–H groups in total. The number of likely N-dealkylation sites (tertiary alicyclic amines) is 1. The molecule has 0 spiro atoms. The van der Waals surface area contributed by atoms with Gasteiger partial charge in [0.25, 0.3) is 0 Å². The average molecular weight is 571 g/mol. The summed E-state index contributed by atoms with van der Waals surface area (Å²) in [6.07, 6.45) is 2.25. The van der Waals surface area contributed by atoms with Crippen LogP contribution in [0.2, 0.25) is 0 Å². The Kier molecular flexibility index (Phi) is 11.5. The van der Waals surface area contributed by atoms with Crippen molar-refractivity contribution >= 4 is 40.9 Å². The fourth-order valence-corrected chi connectivity index (χ4v) is 5.39. The predicted octanol–water partition coefficient (Wildman–Crippen LogP) is -0.640. The molecule has 4 atom stereocenters. The van der Waals surface area contributed by atoms with Gasteiger partial charge in [-0.1, -0.05) is 36.4 Å². The van der Waals surface area contributed by atoms with E-state index in [-0.39, 0.29) is 31.3 Å². The Balaban J connectivity index is 1.68. The molecule has 1 aromatic carbocycles. The smallest absolute Gasteiger partial charge is 0.243 e. The number of amides is 4.